The summed E-state index contributed by atoms with van der Waals surface area (Å²) in [6, 6.07) is 8.04. The molecule has 3 nitrogen and oxygen atoms in total. The van der Waals surface area contributed by atoms with Crippen LogP contribution in [-0.4, -0.2) is 29.4 Å². The summed E-state index contributed by atoms with van der Waals surface area (Å²) >= 11 is 0. The number of hydrogen-bond donors (Lipinski definition) is 1. The highest BCUT2D eigenvalue weighted by Crippen LogP contribution is 2.21. The van der Waals surface area contributed by atoms with Crippen LogP contribution < -0.4 is 5.32 Å². The van der Waals surface area contributed by atoms with Crippen molar-refractivity contribution in [1.29, 1.82) is 0 Å². The first-order chi connectivity index (χ1) is 7.98. The Balaban J connectivity index is 2.27. The maximum atomic E-state index is 12.3. The molecule has 3 heteroatoms. The summed E-state index contributed by atoms with van der Waals surface area (Å²) in [5.74, 6) is 0.214. The van der Waals surface area contributed by atoms with Crippen LogP contribution in [0.5, 0.6) is 0 Å². The molecule has 0 saturated heterocycles. The fourth-order valence-electron chi connectivity index (χ4n) is 2.24. The van der Waals surface area contributed by atoms with Crippen molar-refractivity contribution in [2.75, 3.05) is 18.4 Å². The third-order valence-corrected chi connectivity index (χ3v) is 3.12. The Hall–Kier alpha value is -1.51. The van der Waals surface area contributed by atoms with Crippen molar-refractivity contribution in [3.05, 3.63) is 29.8 Å². The third kappa shape index (κ3) is 2.60. The molecule has 0 radical (unpaired) electrons. The highest BCUT2D eigenvalue weighted by molar-refractivity contribution is 5.81. The normalized spacial score (nSPS) is 16.9. The van der Waals surface area contributed by atoms with E-state index < -0.39 is 0 Å². The molecule has 0 aromatic heterocycles. The molecule has 0 bridgehead atoms. The molecule has 1 heterocycles. The van der Waals surface area contributed by atoms with Crippen LogP contribution in [0.2, 0.25) is 0 Å². The summed E-state index contributed by atoms with van der Waals surface area (Å²) in [5, 5.41) is 3.39. The maximum absolute atomic E-state index is 12.3. The second kappa shape index (κ2) is 4.40. The first-order valence-electron chi connectivity index (χ1n) is 6.11. The molecule has 1 aromatic carbocycles. The topological polar surface area (TPSA) is 32.3 Å². The summed E-state index contributed by atoms with van der Waals surface area (Å²) in [6.45, 7) is 7.81. The largest absolute Gasteiger partial charge is 0.383 e. The number of amides is 1. The number of nitrogens with zero attached hydrogens (tertiary/aromatic N) is 1. The van der Waals surface area contributed by atoms with Crippen LogP contribution in [0.3, 0.4) is 0 Å². The van der Waals surface area contributed by atoms with Gasteiger partial charge in [-0.1, -0.05) is 18.2 Å². The van der Waals surface area contributed by atoms with E-state index in [9.17, 15) is 4.79 Å². The van der Waals surface area contributed by atoms with Crippen molar-refractivity contribution in [1.82, 2.24) is 4.90 Å². The van der Waals surface area contributed by atoms with Gasteiger partial charge in [-0.15, -0.1) is 0 Å². The first kappa shape index (κ1) is 12.0. The molecule has 0 aliphatic carbocycles. The van der Waals surface area contributed by atoms with Crippen molar-refractivity contribution in [2.24, 2.45) is 0 Å². The Morgan fingerprint density at radius 3 is 2.65 bits per heavy atom. The van der Waals surface area contributed by atoms with E-state index in [2.05, 4.69) is 26.1 Å². The van der Waals surface area contributed by atoms with Crippen molar-refractivity contribution in [3.63, 3.8) is 0 Å². The van der Waals surface area contributed by atoms with Gasteiger partial charge in [-0.2, -0.15) is 0 Å². The lowest BCUT2D eigenvalue weighted by molar-refractivity contribution is -0.135. The van der Waals surface area contributed by atoms with Gasteiger partial charge in [0.05, 0.1) is 6.42 Å². The van der Waals surface area contributed by atoms with Crippen molar-refractivity contribution in [3.8, 4) is 0 Å². The monoisotopic (exact) mass is 232 g/mol. The number of fused-ring (bicyclic) bond motifs is 1. The Kier molecular flexibility index (Phi) is 3.09. The second-order valence-corrected chi connectivity index (χ2v) is 5.48. The summed E-state index contributed by atoms with van der Waals surface area (Å²) in [4.78, 5) is 14.2. The summed E-state index contributed by atoms with van der Waals surface area (Å²) in [7, 11) is 0. The van der Waals surface area contributed by atoms with Gasteiger partial charge in [-0.05, 0) is 32.4 Å². The molecule has 17 heavy (non-hydrogen) atoms. The van der Waals surface area contributed by atoms with Crippen LogP contribution in [-0.2, 0) is 11.2 Å². The number of nitrogens with one attached hydrogen (secondary N) is 1. The minimum Gasteiger partial charge on any atom is -0.383 e. The molecule has 0 atom stereocenters. The van der Waals surface area contributed by atoms with E-state index in [0.29, 0.717) is 6.42 Å². The Morgan fingerprint density at radius 1 is 1.24 bits per heavy atom. The molecule has 1 N–H and O–H groups in total. The highest BCUT2D eigenvalue weighted by Gasteiger charge is 2.27. The summed E-state index contributed by atoms with van der Waals surface area (Å²) in [6.07, 6.45) is 0.487. The number of carbonyl (C=O) groups excluding carboxylic acids is 1. The summed E-state index contributed by atoms with van der Waals surface area (Å²) in [5.41, 5.74) is 2.08. The molecule has 1 aliphatic rings. The lowest BCUT2D eigenvalue weighted by Crippen LogP contribution is -2.49. The highest BCUT2D eigenvalue weighted by atomic mass is 16.2. The smallest absolute Gasteiger partial charge is 0.227 e. The number of benzene rings is 1. The predicted octanol–water partition coefficient (Wildman–Crippen LogP) is 2.28. The second-order valence-electron chi connectivity index (χ2n) is 5.48. The summed E-state index contributed by atoms with van der Waals surface area (Å²) < 4.78 is 0. The van der Waals surface area contributed by atoms with E-state index in [1.165, 1.54) is 0 Å². The van der Waals surface area contributed by atoms with Crippen molar-refractivity contribution >= 4 is 11.6 Å². The van der Waals surface area contributed by atoms with Gasteiger partial charge >= 0.3 is 0 Å². The Morgan fingerprint density at radius 2 is 1.94 bits per heavy atom. The molecule has 1 aromatic rings. The van der Waals surface area contributed by atoms with Crippen LogP contribution in [0.15, 0.2) is 24.3 Å². The number of hydrogen-bond acceptors (Lipinski definition) is 2. The SMILES string of the molecule is CC(C)(C)N1CCNc2ccccc2CC1=O. The number of carbonyl (C=O) groups is 1. The average Bonchev–Trinajstić information content (AvgIpc) is 2.21. The molecular weight excluding hydrogens is 212 g/mol. The number of rotatable bonds is 0. The Bertz CT molecular complexity index is 420. The van der Waals surface area contributed by atoms with Gasteiger partial charge in [0.25, 0.3) is 0 Å². The van der Waals surface area contributed by atoms with Crippen LogP contribution in [0.4, 0.5) is 5.69 Å². The minimum atomic E-state index is -0.106. The zero-order valence-electron chi connectivity index (χ0n) is 10.8. The molecule has 0 fully saturated rings. The quantitative estimate of drug-likeness (QED) is 0.744. The molecule has 2 rings (SSSR count). The van der Waals surface area contributed by atoms with Gasteiger partial charge in [-0.3, -0.25) is 4.79 Å². The predicted molar refractivity (Wildman–Crippen MR) is 70.1 cm³/mol. The van der Waals surface area contributed by atoms with Gasteiger partial charge in [0.1, 0.15) is 0 Å². The van der Waals surface area contributed by atoms with E-state index >= 15 is 0 Å². The zero-order chi connectivity index (χ0) is 12.5. The van der Waals surface area contributed by atoms with Crippen molar-refractivity contribution < 1.29 is 4.79 Å². The van der Waals surface area contributed by atoms with Gasteiger partial charge in [0.2, 0.25) is 5.91 Å². The van der Waals surface area contributed by atoms with Crippen LogP contribution in [0.1, 0.15) is 26.3 Å². The number of anilines is 1. The van der Waals surface area contributed by atoms with Gasteiger partial charge in [0.15, 0.2) is 0 Å². The van der Waals surface area contributed by atoms with Crippen LogP contribution in [0.25, 0.3) is 0 Å². The van der Waals surface area contributed by atoms with E-state index in [0.717, 1.165) is 24.3 Å². The molecule has 0 unspecified atom stereocenters. The van der Waals surface area contributed by atoms with Crippen LogP contribution in [0, 0.1) is 0 Å². The average molecular weight is 232 g/mol. The molecule has 0 saturated carbocycles. The van der Waals surface area contributed by atoms with Crippen molar-refractivity contribution in [2.45, 2.75) is 32.7 Å². The molecule has 92 valence electrons. The molecular formula is C14H20N2O. The Labute approximate surface area is 103 Å². The third-order valence-electron chi connectivity index (χ3n) is 3.12. The maximum Gasteiger partial charge on any atom is 0.227 e. The van der Waals surface area contributed by atoms with E-state index in [1.807, 2.05) is 29.2 Å². The fourth-order valence-corrected chi connectivity index (χ4v) is 2.24. The molecule has 1 amide bonds. The molecule has 0 spiro atoms. The fraction of sp³-hybridized carbons (Fsp3) is 0.500. The lowest BCUT2D eigenvalue weighted by atomic mass is 10.0. The van der Waals surface area contributed by atoms with Gasteiger partial charge < -0.3 is 10.2 Å². The van der Waals surface area contributed by atoms with Gasteiger partial charge in [0, 0.05) is 24.3 Å². The minimum absolute atomic E-state index is 0.106. The van der Waals surface area contributed by atoms with Gasteiger partial charge in [-0.25, -0.2) is 0 Å². The first-order valence-corrected chi connectivity index (χ1v) is 6.11. The van der Waals surface area contributed by atoms with E-state index in [-0.39, 0.29) is 11.4 Å². The van der Waals surface area contributed by atoms with E-state index in [4.69, 9.17) is 0 Å². The lowest BCUT2D eigenvalue weighted by Gasteiger charge is -2.37. The van der Waals surface area contributed by atoms with Crippen LogP contribution >= 0.6 is 0 Å². The van der Waals surface area contributed by atoms with E-state index in [1.54, 1.807) is 0 Å². The standard InChI is InChI=1S/C14H20N2O/c1-14(2,3)16-9-8-15-12-7-5-4-6-11(12)10-13(16)17/h4-7,15H,8-10H2,1-3H3. The molecule has 1 aliphatic heterocycles. The number of para-hydroxylation sites is 1. The zero-order valence-corrected chi connectivity index (χ0v) is 10.8.